The third kappa shape index (κ3) is 5.43. The average Bonchev–Trinajstić information content (AvgIpc) is 2.31. The molecule has 3 N–H and O–H groups in total. The zero-order valence-electron chi connectivity index (χ0n) is 12.8. The minimum absolute atomic E-state index is 0.373. The maximum Gasteiger partial charge on any atom is 0.136 e. The molecule has 0 saturated carbocycles. The fourth-order valence-electron chi connectivity index (χ4n) is 1.94. The maximum atomic E-state index is 5.77. The van der Waals surface area contributed by atoms with Gasteiger partial charge in [-0.05, 0) is 37.8 Å². The van der Waals surface area contributed by atoms with Crippen molar-refractivity contribution in [3.05, 3.63) is 22.9 Å². The molecule has 0 radical (unpaired) electrons. The lowest BCUT2D eigenvalue weighted by Gasteiger charge is -2.14. The normalized spacial score (nSPS) is 10.8. The number of aryl methyl sites for hydroxylation is 2. The standard InChI is InChI=1S/C15H25N3OS/c1-10(2)5-7-19-8-6-17-15-13(14(16)20)11(3)9-12(4)18-15/h9-10H,5-8H2,1-4H3,(H2,16,20)(H,17,18). The van der Waals surface area contributed by atoms with Crippen LogP contribution in [0.5, 0.6) is 0 Å². The maximum absolute atomic E-state index is 5.77. The second kappa shape index (κ2) is 8.17. The summed E-state index contributed by atoms with van der Waals surface area (Å²) in [5.74, 6) is 1.42. The first-order valence-electron chi connectivity index (χ1n) is 7.01. The van der Waals surface area contributed by atoms with Crippen molar-refractivity contribution >= 4 is 23.0 Å². The van der Waals surface area contributed by atoms with Crippen LogP contribution in [0, 0.1) is 19.8 Å². The Morgan fingerprint density at radius 3 is 2.70 bits per heavy atom. The summed E-state index contributed by atoms with van der Waals surface area (Å²) in [5, 5.41) is 3.26. The highest BCUT2D eigenvalue weighted by Gasteiger charge is 2.10. The van der Waals surface area contributed by atoms with E-state index in [1.54, 1.807) is 0 Å². The van der Waals surface area contributed by atoms with Crippen molar-refractivity contribution in [1.82, 2.24) is 4.98 Å². The average molecular weight is 295 g/mol. The van der Waals surface area contributed by atoms with Crippen LogP contribution in [0.2, 0.25) is 0 Å². The van der Waals surface area contributed by atoms with Crippen molar-refractivity contribution in [1.29, 1.82) is 0 Å². The predicted octanol–water partition coefficient (Wildman–Crippen LogP) is 2.81. The van der Waals surface area contributed by atoms with E-state index in [4.69, 9.17) is 22.7 Å². The Morgan fingerprint density at radius 2 is 2.10 bits per heavy atom. The molecule has 0 aliphatic carbocycles. The number of nitrogens with one attached hydrogen (secondary N) is 1. The highest BCUT2D eigenvalue weighted by molar-refractivity contribution is 7.80. The molecule has 1 heterocycles. The van der Waals surface area contributed by atoms with Gasteiger partial charge in [-0.1, -0.05) is 26.1 Å². The lowest BCUT2D eigenvalue weighted by molar-refractivity contribution is 0.132. The highest BCUT2D eigenvalue weighted by Crippen LogP contribution is 2.18. The molecule has 1 aromatic heterocycles. The predicted molar refractivity (Wildman–Crippen MR) is 88.4 cm³/mol. The van der Waals surface area contributed by atoms with Crippen LogP contribution in [0.15, 0.2) is 6.07 Å². The SMILES string of the molecule is Cc1cc(C)c(C(N)=S)c(NCCOCCC(C)C)n1. The van der Waals surface area contributed by atoms with Gasteiger partial charge in [0.05, 0.1) is 12.2 Å². The van der Waals surface area contributed by atoms with E-state index in [1.807, 2.05) is 19.9 Å². The molecule has 4 nitrogen and oxygen atoms in total. The van der Waals surface area contributed by atoms with E-state index in [-0.39, 0.29) is 0 Å². The van der Waals surface area contributed by atoms with Gasteiger partial charge in [0.1, 0.15) is 10.8 Å². The van der Waals surface area contributed by atoms with Gasteiger partial charge in [-0.15, -0.1) is 0 Å². The van der Waals surface area contributed by atoms with E-state index >= 15 is 0 Å². The number of anilines is 1. The van der Waals surface area contributed by atoms with Crippen molar-refractivity contribution in [3.63, 3.8) is 0 Å². The van der Waals surface area contributed by atoms with Crippen molar-refractivity contribution in [2.75, 3.05) is 25.1 Å². The molecule has 112 valence electrons. The van der Waals surface area contributed by atoms with Gasteiger partial charge in [-0.3, -0.25) is 0 Å². The number of ether oxygens (including phenoxy) is 1. The van der Waals surface area contributed by atoms with Crippen LogP contribution >= 0.6 is 12.2 Å². The van der Waals surface area contributed by atoms with Crippen LogP contribution in [0.1, 0.15) is 37.1 Å². The van der Waals surface area contributed by atoms with Crippen molar-refractivity contribution in [2.45, 2.75) is 34.1 Å². The summed E-state index contributed by atoms with van der Waals surface area (Å²) >= 11 is 5.10. The van der Waals surface area contributed by atoms with Gasteiger partial charge in [0, 0.05) is 18.8 Å². The molecule has 1 rings (SSSR count). The Bertz CT molecular complexity index is 461. The Morgan fingerprint density at radius 1 is 1.40 bits per heavy atom. The first kappa shape index (κ1) is 16.9. The molecule has 5 heteroatoms. The third-order valence-corrected chi connectivity index (χ3v) is 3.17. The molecule has 0 aliphatic heterocycles. The lowest BCUT2D eigenvalue weighted by atomic mass is 10.1. The summed E-state index contributed by atoms with van der Waals surface area (Å²) in [6.07, 6.45) is 1.08. The molecule has 1 aromatic rings. The quantitative estimate of drug-likeness (QED) is 0.570. The molecule has 0 spiro atoms. The first-order chi connectivity index (χ1) is 9.41. The molecular formula is C15H25N3OS. The molecule has 0 fully saturated rings. The zero-order chi connectivity index (χ0) is 15.1. The Balaban J connectivity index is 2.53. The number of aromatic nitrogens is 1. The van der Waals surface area contributed by atoms with Gasteiger partial charge in [-0.25, -0.2) is 4.98 Å². The molecule has 0 aromatic carbocycles. The van der Waals surface area contributed by atoms with Crippen LogP contribution in [-0.4, -0.2) is 29.7 Å². The summed E-state index contributed by atoms with van der Waals surface area (Å²) < 4.78 is 5.57. The largest absolute Gasteiger partial charge is 0.389 e. The van der Waals surface area contributed by atoms with E-state index in [0.29, 0.717) is 24.1 Å². The van der Waals surface area contributed by atoms with E-state index in [1.165, 1.54) is 0 Å². The van der Waals surface area contributed by atoms with Crippen molar-refractivity contribution < 1.29 is 4.74 Å². The number of thiocarbonyl (C=S) groups is 1. The summed E-state index contributed by atoms with van der Waals surface area (Å²) in [7, 11) is 0. The van der Waals surface area contributed by atoms with Gasteiger partial charge in [0.2, 0.25) is 0 Å². The Kier molecular flexibility index (Phi) is 6.88. The number of nitrogens with zero attached hydrogens (tertiary/aromatic N) is 1. The van der Waals surface area contributed by atoms with Gasteiger partial charge in [-0.2, -0.15) is 0 Å². The van der Waals surface area contributed by atoms with Crippen LogP contribution in [-0.2, 0) is 4.74 Å². The molecule has 0 aliphatic rings. The van der Waals surface area contributed by atoms with Gasteiger partial charge < -0.3 is 15.8 Å². The highest BCUT2D eigenvalue weighted by atomic mass is 32.1. The zero-order valence-corrected chi connectivity index (χ0v) is 13.6. The monoisotopic (exact) mass is 295 g/mol. The topological polar surface area (TPSA) is 60.2 Å². The first-order valence-corrected chi connectivity index (χ1v) is 7.42. The molecule has 0 unspecified atom stereocenters. The summed E-state index contributed by atoms with van der Waals surface area (Å²) in [4.78, 5) is 4.84. The lowest BCUT2D eigenvalue weighted by Crippen LogP contribution is -2.19. The third-order valence-electron chi connectivity index (χ3n) is 2.97. The minimum Gasteiger partial charge on any atom is -0.389 e. The van der Waals surface area contributed by atoms with E-state index in [9.17, 15) is 0 Å². The second-order valence-corrected chi connectivity index (χ2v) is 5.83. The van der Waals surface area contributed by atoms with E-state index in [0.717, 1.165) is 35.7 Å². The van der Waals surface area contributed by atoms with Crippen LogP contribution in [0.3, 0.4) is 0 Å². The number of pyridine rings is 1. The van der Waals surface area contributed by atoms with E-state index in [2.05, 4.69) is 24.1 Å². The summed E-state index contributed by atoms with van der Waals surface area (Å²) in [6.45, 7) is 10.5. The fraction of sp³-hybridized carbons (Fsp3) is 0.600. The van der Waals surface area contributed by atoms with Crippen LogP contribution < -0.4 is 11.1 Å². The minimum atomic E-state index is 0.373. The summed E-state index contributed by atoms with van der Waals surface area (Å²) in [6, 6.07) is 1.98. The van der Waals surface area contributed by atoms with Crippen molar-refractivity contribution in [2.24, 2.45) is 11.7 Å². The fourth-order valence-corrected chi connectivity index (χ4v) is 2.20. The summed E-state index contributed by atoms with van der Waals surface area (Å²) in [5.41, 5.74) is 8.60. The molecular weight excluding hydrogens is 270 g/mol. The molecule has 0 atom stereocenters. The van der Waals surface area contributed by atoms with Gasteiger partial charge >= 0.3 is 0 Å². The second-order valence-electron chi connectivity index (χ2n) is 5.39. The Hall–Kier alpha value is -1.20. The molecule has 0 bridgehead atoms. The van der Waals surface area contributed by atoms with Crippen LogP contribution in [0.4, 0.5) is 5.82 Å². The van der Waals surface area contributed by atoms with Gasteiger partial charge in [0.25, 0.3) is 0 Å². The molecule has 0 amide bonds. The molecule has 20 heavy (non-hydrogen) atoms. The van der Waals surface area contributed by atoms with E-state index < -0.39 is 0 Å². The number of nitrogens with two attached hydrogens (primary N) is 1. The Labute approximate surface area is 127 Å². The number of hydrogen-bond donors (Lipinski definition) is 2. The molecule has 0 saturated heterocycles. The number of rotatable bonds is 8. The van der Waals surface area contributed by atoms with Crippen LogP contribution in [0.25, 0.3) is 0 Å². The van der Waals surface area contributed by atoms with Gasteiger partial charge in [0.15, 0.2) is 0 Å². The smallest absolute Gasteiger partial charge is 0.136 e. The van der Waals surface area contributed by atoms with Crippen molar-refractivity contribution in [3.8, 4) is 0 Å². The number of hydrogen-bond acceptors (Lipinski definition) is 4.